The van der Waals surface area contributed by atoms with E-state index in [0.717, 1.165) is 42.7 Å². The predicted octanol–water partition coefficient (Wildman–Crippen LogP) is 4.88. The van der Waals surface area contributed by atoms with Crippen LogP contribution in [0.3, 0.4) is 0 Å². The maximum atomic E-state index is 8.91. The summed E-state index contributed by atoms with van der Waals surface area (Å²) < 4.78 is 0. The molecular formula is C25H28N6S. The van der Waals surface area contributed by atoms with E-state index in [-0.39, 0.29) is 0 Å². The van der Waals surface area contributed by atoms with E-state index in [9.17, 15) is 0 Å². The summed E-state index contributed by atoms with van der Waals surface area (Å²) in [7, 11) is 4.13. The van der Waals surface area contributed by atoms with Crippen LogP contribution >= 0.6 is 12.2 Å². The SMILES string of the molecule is CN(C)c1cc(N[C@H]2CC[C@@H](NC(=S)Nc3ccc(C#N)cc3)CC2)nc2ccccc12. The molecule has 0 aliphatic heterocycles. The van der Waals surface area contributed by atoms with Crippen molar-refractivity contribution in [1.82, 2.24) is 10.3 Å². The second-order valence-corrected chi connectivity index (χ2v) is 8.83. The average molecular weight is 445 g/mol. The molecule has 0 unspecified atom stereocenters. The molecule has 2 aromatic carbocycles. The van der Waals surface area contributed by atoms with Gasteiger partial charge in [0, 0.05) is 49.0 Å². The predicted molar refractivity (Wildman–Crippen MR) is 136 cm³/mol. The lowest BCUT2D eigenvalue weighted by atomic mass is 9.91. The van der Waals surface area contributed by atoms with Crippen LogP contribution < -0.4 is 20.9 Å². The van der Waals surface area contributed by atoms with Gasteiger partial charge in [-0.05, 0) is 68.2 Å². The maximum Gasteiger partial charge on any atom is 0.170 e. The molecule has 6 nitrogen and oxygen atoms in total. The van der Waals surface area contributed by atoms with Crippen LogP contribution in [-0.2, 0) is 0 Å². The van der Waals surface area contributed by atoms with Gasteiger partial charge in [0.1, 0.15) is 5.82 Å². The number of anilines is 3. The highest BCUT2D eigenvalue weighted by Gasteiger charge is 2.22. The van der Waals surface area contributed by atoms with Gasteiger partial charge in [0.2, 0.25) is 0 Å². The van der Waals surface area contributed by atoms with Crippen LogP contribution in [-0.4, -0.2) is 36.3 Å². The highest BCUT2D eigenvalue weighted by atomic mass is 32.1. The number of nitriles is 1. The third-order valence-corrected chi connectivity index (χ3v) is 6.08. The Kier molecular flexibility index (Phi) is 6.72. The topological polar surface area (TPSA) is 76.0 Å². The van der Waals surface area contributed by atoms with Crippen LogP contribution in [0.4, 0.5) is 17.2 Å². The number of hydrogen-bond acceptors (Lipinski definition) is 5. The molecule has 1 fully saturated rings. The monoisotopic (exact) mass is 444 g/mol. The molecule has 0 spiro atoms. The lowest BCUT2D eigenvalue weighted by Crippen LogP contribution is -2.42. The van der Waals surface area contributed by atoms with Crippen molar-refractivity contribution in [3.63, 3.8) is 0 Å². The van der Waals surface area contributed by atoms with E-state index >= 15 is 0 Å². The van der Waals surface area contributed by atoms with E-state index in [4.69, 9.17) is 22.5 Å². The van der Waals surface area contributed by atoms with Gasteiger partial charge in [-0.3, -0.25) is 0 Å². The first-order valence-electron chi connectivity index (χ1n) is 10.9. The lowest BCUT2D eigenvalue weighted by Gasteiger charge is -2.31. The highest BCUT2D eigenvalue weighted by Crippen LogP contribution is 2.29. The van der Waals surface area contributed by atoms with Crippen LogP contribution in [0.15, 0.2) is 54.6 Å². The molecule has 0 saturated heterocycles. The summed E-state index contributed by atoms with van der Waals surface area (Å²) in [6.45, 7) is 0. The zero-order valence-corrected chi connectivity index (χ0v) is 19.2. The number of nitrogens with one attached hydrogen (secondary N) is 3. The van der Waals surface area contributed by atoms with Crippen LogP contribution in [0.25, 0.3) is 10.9 Å². The summed E-state index contributed by atoms with van der Waals surface area (Å²) in [5, 5.41) is 21.0. The van der Waals surface area contributed by atoms with Crippen LogP contribution in [0.1, 0.15) is 31.2 Å². The van der Waals surface area contributed by atoms with E-state index in [1.807, 2.05) is 18.2 Å². The first-order chi connectivity index (χ1) is 15.5. The molecule has 164 valence electrons. The summed E-state index contributed by atoms with van der Waals surface area (Å²) in [4.78, 5) is 6.97. The first-order valence-corrected chi connectivity index (χ1v) is 11.3. The molecule has 3 aromatic rings. The molecule has 1 aromatic heterocycles. The lowest BCUT2D eigenvalue weighted by molar-refractivity contribution is 0.388. The molecule has 1 aliphatic carbocycles. The van der Waals surface area contributed by atoms with Gasteiger partial charge >= 0.3 is 0 Å². The minimum Gasteiger partial charge on any atom is -0.377 e. The Bertz CT molecular complexity index is 1130. The normalized spacial score (nSPS) is 17.9. The summed E-state index contributed by atoms with van der Waals surface area (Å²) in [6.07, 6.45) is 4.20. The van der Waals surface area contributed by atoms with Gasteiger partial charge in [-0.1, -0.05) is 18.2 Å². The number of para-hydroxylation sites is 1. The van der Waals surface area contributed by atoms with E-state index in [1.54, 1.807) is 12.1 Å². The number of thiocarbonyl (C=S) groups is 1. The minimum absolute atomic E-state index is 0.355. The Labute approximate surface area is 194 Å². The fourth-order valence-corrected chi connectivity index (χ4v) is 4.46. The van der Waals surface area contributed by atoms with E-state index in [0.29, 0.717) is 22.8 Å². The van der Waals surface area contributed by atoms with Crippen LogP contribution in [0, 0.1) is 11.3 Å². The van der Waals surface area contributed by atoms with Gasteiger partial charge < -0.3 is 20.9 Å². The number of nitrogens with zero attached hydrogens (tertiary/aromatic N) is 3. The molecule has 32 heavy (non-hydrogen) atoms. The van der Waals surface area contributed by atoms with Crippen LogP contribution in [0.5, 0.6) is 0 Å². The summed E-state index contributed by atoms with van der Waals surface area (Å²) in [5.41, 5.74) is 3.71. The van der Waals surface area contributed by atoms with E-state index in [2.05, 4.69) is 65.3 Å². The number of aromatic nitrogens is 1. The smallest absolute Gasteiger partial charge is 0.170 e. The van der Waals surface area contributed by atoms with Crippen molar-refractivity contribution in [1.29, 1.82) is 5.26 Å². The Morgan fingerprint density at radius 1 is 1.03 bits per heavy atom. The fraction of sp³-hybridized carbons (Fsp3) is 0.320. The fourth-order valence-electron chi connectivity index (χ4n) is 4.17. The second kappa shape index (κ2) is 9.84. The molecule has 0 amide bonds. The molecule has 3 N–H and O–H groups in total. The highest BCUT2D eigenvalue weighted by molar-refractivity contribution is 7.80. The van der Waals surface area contributed by atoms with Gasteiger partial charge in [-0.2, -0.15) is 5.26 Å². The summed E-state index contributed by atoms with van der Waals surface area (Å²) >= 11 is 5.48. The number of hydrogen-bond donors (Lipinski definition) is 3. The van der Waals surface area contributed by atoms with Crippen molar-refractivity contribution in [3.8, 4) is 6.07 Å². The zero-order valence-electron chi connectivity index (χ0n) is 18.4. The van der Waals surface area contributed by atoms with E-state index < -0.39 is 0 Å². The van der Waals surface area contributed by atoms with Crippen molar-refractivity contribution in [2.24, 2.45) is 0 Å². The van der Waals surface area contributed by atoms with Gasteiger partial charge in [-0.25, -0.2) is 4.98 Å². The summed E-state index contributed by atoms with van der Waals surface area (Å²) in [6, 6.07) is 20.6. The van der Waals surface area contributed by atoms with Crippen molar-refractivity contribution in [2.75, 3.05) is 29.6 Å². The Hall–Kier alpha value is -3.37. The Morgan fingerprint density at radius 3 is 2.41 bits per heavy atom. The zero-order chi connectivity index (χ0) is 22.5. The summed E-state index contributed by atoms with van der Waals surface area (Å²) in [5.74, 6) is 0.932. The molecule has 0 atom stereocenters. The average Bonchev–Trinajstić information content (AvgIpc) is 2.80. The molecule has 1 aliphatic rings. The number of benzene rings is 2. The molecule has 0 bridgehead atoms. The van der Waals surface area contributed by atoms with Gasteiger partial charge in [-0.15, -0.1) is 0 Å². The molecular weight excluding hydrogens is 416 g/mol. The quantitative estimate of drug-likeness (QED) is 0.484. The van der Waals surface area contributed by atoms with Crippen molar-refractivity contribution in [2.45, 2.75) is 37.8 Å². The number of fused-ring (bicyclic) bond motifs is 1. The minimum atomic E-state index is 0.355. The van der Waals surface area contributed by atoms with E-state index in [1.165, 1.54) is 11.1 Å². The van der Waals surface area contributed by atoms with Gasteiger partial charge in [0.25, 0.3) is 0 Å². The molecule has 1 heterocycles. The third-order valence-electron chi connectivity index (χ3n) is 5.86. The largest absolute Gasteiger partial charge is 0.377 e. The van der Waals surface area contributed by atoms with Crippen LogP contribution in [0.2, 0.25) is 0 Å². The molecule has 7 heteroatoms. The maximum absolute atomic E-state index is 8.91. The first kappa shape index (κ1) is 21.8. The Balaban J connectivity index is 1.31. The second-order valence-electron chi connectivity index (χ2n) is 8.42. The van der Waals surface area contributed by atoms with Gasteiger partial charge in [0.05, 0.1) is 17.1 Å². The molecule has 1 saturated carbocycles. The van der Waals surface area contributed by atoms with Crippen molar-refractivity contribution in [3.05, 3.63) is 60.2 Å². The van der Waals surface area contributed by atoms with Crippen molar-refractivity contribution >= 4 is 45.4 Å². The van der Waals surface area contributed by atoms with Crippen molar-refractivity contribution < 1.29 is 0 Å². The molecule has 0 radical (unpaired) electrons. The number of rotatable bonds is 5. The van der Waals surface area contributed by atoms with Gasteiger partial charge in [0.15, 0.2) is 5.11 Å². The third kappa shape index (κ3) is 5.27. The Morgan fingerprint density at radius 2 is 1.72 bits per heavy atom. The standard InChI is InChI=1S/C25H28N6S/c1-31(2)23-15-24(30-22-6-4-3-5-21(22)23)27-18-11-13-20(14-12-18)29-25(32)28-19-9-7-17(16-26)8-10-19/h3-10,15,18,20H,11-14H2,1-2H3,(H,27,30)(H2,28,29,32)/t18-,20+. The molecule has 4 rings (SSSR count). The number of pyridine rings is 1.